The normalized spacial score (nSPS) is 9.91. The molecule has 118 valence electrons. The number of hydrogen-bond acceptors (Lipinski definition) is 6. The molecular formula is C12H13ClN4O5. The summed E-state index contributed by atoms with van der Waals surface area (Å²) in [5, 5.41) is 12.8. The minimum absolute atomic E-state index is 0.00696. The predicted molar refractivity (Wildman–Crippen MR) is 78.2 cm³/mol. The summed E-state index contributed by atoms with van der Waals surface area (Å²) in [7, 11) is 0. The molecule has 10 heteroatoms. The van der Waals surface area contributed by atoms with E-state index in [2.05, 4.69) is 5.32 Å². The zero-order chi connectivity index (χ0) is 16.7. The van der Waals surface area contributed by atoms with E-state index in [9.17, 15) is 24.5 Å². The van der Waals surface area contributed by atoms with Crippen LogP contribution in [0.2, 0.25) is 5.02 Å². The molecule has 9 nitrogen and oxygen atoms in total. The van der Waals surface area contributed by atoms with Crippen molar-refractivity contribution >= 4 is 41.2 Å². The van der Waals surface area contributed by atoms with Crippen LogP contribution in [-0.2, 0) is 14.4 Å². The van der Waals surface area contributed by atoms with Gasteiger partial charge in [0, 0.05) is 18.3 Å². The van der Waals surface area contributed by atoms with E-state index in [0.717, 1.165) is 6.07 Å². The van der Waals surface area contributed by atoms with Crippen LogP contribution in [-0.4, -0.2) is 41.1 Å². The number of nitrogens with two attached hydrogens (primary N) is 1. The van der Waals surface area contributed by atoms with Gasteiger partial charge in [-0.05, 0) is 25.1 Å². The van der Waals surface area contributed by atoms with Crippen molar-refractivity contribution in [2.75, 3.05) is 18.4 Å². The molecule has 0 fully saturated rings. The van der Waals surface area contributed by atoms with Gasteiger partial charge in [0.05, 0.1) is 4.92 Å². The Morgan fingerprint density at radius 2 is 2.14 bits per heavy atom. The molecule has 0 aromatic heterocycles. The van der Waals surface area contributed by atoms with Crippen molar-refractivity contribution in [2.24, 2.45) is 5.73 Å². The van der Waals surface area contributed by atoms with Gasteiger partial charge in [-0.25, -0.2) is 0 Å². The molecule has 0 bridgehead atoms. The number of carbonyl (C=O) groups excluding carboxylic acids is 3. The molecule has 0 atom stereocenters. The molecular weight excluding hydrogens is 316 g/mol. The number of rotatable bonds is 6. The quantitative estimate of drug-likeness (QED) is 0.338. The van der Waals surface area contributed by atoms with Crippen LogP contribution in [0.4, 0.5) is 11.4 Å². The molecule has 0 aliphatic heterocycles. The largest absolute Gasteiger partial charge is 0.330 e. The van der Waals surface area contributed by atoms with E-state index in [1.165, 1.54) is 12.1 Å². The summed E-state index contributed by atoms with van der Waals surface area (Å²) in [5.41, 5.74) is 4.86. The maximum atomic E-state index is 11.8. The van der Waals surface area contributed by atoms with Gasteiger partial charge in [0.15, 0.2) is 0 Å². The van der Waals surface area contributed by atoms with Crippen molar-refractivity contribution in [1.29, 1.82) is 0 Å². The van der Waals surface area contributed by atoms with Crippen LogP contribution in [0.5, 0.6) is 0 Å². The van der Waals surface area contributed by atoms with Crippen LogP contribution in [0.1, 0.15) is 6.42 Å². The molecule has 0 spiro atoms. The van der Waals surface area contributed by atoms with Crippen LogP contribution in [0.15, 0.2) is 18.2 Å². The van der Waals surface area contributed by atoms with Gasteiger partial charge in [-0.1, -0.05) is 11.6 Å². The summed E-state index contributed by atoms with van der Waals surface area (Å²) in [5.74, 6) is -2.18. The monoisotopic (exact) mass is 328 g/mol. The maximum absolute atomic E-state index is 11.8. The van der Waals surface area contributed by atoms with Crippen molar-refractivity contribution in [1.82, 2.24) is 4.90 Å². The molecule has 0 saturated carbocycles. The van der Waals surface area contributed by atoms with Crippen LogP contribution < -0.4 is 11.1 Å². The number of nitrogens with one attached hydrogen (secondary N) is 1. The lowest BCUT2D eigenvalue weighted by molar-refractivity contribution is -0.384. The molecule has 3 N–H and O–H groups in total. The Bertz CT molecular complexity index is 607. The number of carbonyl (C=O) groups is 3. The summed E-state index contributed by atoms with van der Waals surface area (Å²) in [6.45, 7) is 0.260. The van der Waals surface area contributed by atoms with Crippen LogP contribution in [0, 0.1) is 10.1 Å². The van der Waals surface area contributed by atoms with E-state index < -0.39 is 22.4 Å². The molecule has 1 aromatic carbocycles. The molecule has 0 aliphatic carbocycles. The van der Waals surface area contributed by atoms with E-state index in [1.54, 1.807) is 0 Å². The number of benzene rings is 1. The van der Waals surface area contributed by atoms with Gasteiger partial charge in [-0.2, -0.15) is 0 Å². The highest BCUT2D eigenvalue weighted by molar-refractivity contribution is 6.41. The fourth-order valence-electron chi connectivity index (χ4n) is 1.51. The molecule has 0 heterocycles. The zero-order valence-electron chi connectivity index (χ0n) is 11.3. The summed E-state index contributed by atoms with van der Waals surface area (Å²) in [6, 6.07) is 3.52. The van der Waals surface area contributed by atoms with E-state index >= 15 is 0 Å². The standard InChI is InChI=1S/C12H13ClN4O5/c13-9-3-2-8(6-10(9)17(21)22)15-11(19)12(20)16(7-18)5-1-4-14/h2-3,6-7H,1,4-5,14H2,(H,15,19). The second-order valence-electron chi connectivity index (χ2n) is 4.12. The second-order valence-corrected chi connectivity index (χ2v) is 4.53. The Balaban J connectivity index is 2.83. The summed E-state index contributed by atoms with van der Waals surface area (Å²) in [6.07, 6.45) is 0.575. The van der Waals surface area contributed by atoms with Gasteiger partial charge in [-0.15, -0.1) is 0 Å². The zero-order valence-corrected chi connectivity index (χ0v) is 12.1. The van der Waals surface area contributed by atoms with Gasteiger partial charge in [0.2, 0.25) is 6.41 Å². The lowest BCUT2D eigenvalue weighted by Crippen LogP contribution is -2.39. The molecule has 1 aromatic rings. The van der Waals surface area contributed by atoms with E-state index in [0.29, 0.717) is 11.3 Å². The molecule has 0 unspecified atom stereocenters. The Kier molecular flexibility index (Phi) is 6.42. The minimum Gasteiger partial charge on any atom is -0.330 e. The first-order chi connectivity index (χ1) is 10.4. The van der Waals surface area contributed by atoms with Gasteiger partial charge >= 0.3 is 11.8 Å². The fourth-order valence-corrected chi connectivity index (χ4v) is 1.70. The minimum atomic E-state index is -1.10. The SMILES string of the molecule is NCCCN(C=O)C(=O)C(=O)Nc1ccc(Cl)c([N+](=O)[O-])c1. The van der Waals surface area contributed by atoms with Crippen molar-refractivity contribution in [3.63, 3.8) is 0 Å². The first-order valence-electron chi connectivity index (χ1n) is 6.12. The number of hydrogen-bond donors (Lipinski definition) is 2. The van der Waals surface area contributed by atoms with Gasteiger partial charge in [0.25, 0.3) is 5.69 Å². The van der Waals surface area contributed by atoms with E-state index in [-0.39, 0.29) is 30.2 Å². The highest BCUT2D eigenvalue weighted by atomic mass is 35.5. The third kappa shape index (κ3) is 4.50. The van der Waals surface area contributed by atoms with E-state index in [1.807, 2.05) is 0 Å². The summed E-state index contributed by atoms with van der Waals surface area (Å²) >= 11 is 5.63. The highest BCUT2D eigenvalue weighted by Crippen LogP contribution is 2.27. The number of anilines is 1. The van der Waals surface area contributed by atoms with Crippen LogP contribution >= 0.6 is 11.6 Å². The lowest BCUT2D eigenvalue weighted by Gasteiger charge is -2.14. The third-order valence-electron chi connectivity index (χ3n) is 2.59. The summed E-state index contributed by atoms with van der Waals surface area (Å²) < 4.78 is 0. The van der Waals surface area contributed by atoms with Crippen molar-refractivity contribution in [2.45, 2.75) is 6.42 Å². The maximum Gasteiger partial charge on any atom is 0.318 e. The van der Waals surface area contributed by atoms with Gasteiger partial charge in [0.1, 0.15) is 5.02 Å². The number of imide groups is 1. The smallest absolute Gasteiger partial charge is 0.318 e. The molecule has 0 radical (unpaired) electrons. The highest BCUT2D eigenvalue weighted by Gasteiger charge is 2.22. The number of amides is 3. The van der Waals surface area contributed by atoms with Crippen LogP contribution in [0.25, 0.3) is 0 Å². The number of halogens is 1. The van der Waals surface area contributed by atoms with Crippen molar-refractivity contribution < 1.29 is 19.3 Å². The van der Waals surface area contributed by atoms with E-state index in [4.69, 9.17) is 17.3 Å². The Morgan fingerprint density at radius 3 is 2.68 bits per heavy atom. The topological polar surface area (TPSA) is 136 Å². The first kappa shape index (κ1) is 17.5. The van der Waals surface area contributed by atoms with Crippen molar-refractivity contribution in [3.8, 4) is 0 Å². The first-order valence-corrected chi connectivity index (χ1v) is 6.49. The predicted octanol–water partition coefficient (Wildman–Crippen LogP) is 0.520. The van der Waals surface area contributed by atoms with Crippen molar-refractivity contribution in [3.05, 3.63) is 33.3 Å². The fraction of sp³-hybridized carbons (Fsp3) is 0.250. The Labute approximate surface area is 130 Å². The molecule has 0 saturated heterocycles. The average Bonchev–Trinajstić information content (AvgIpc) is 2.49. The molecule has 3 amide bonds. The number of nitrogens with zero attached hydrogens (tertiary/aromatic N) is 2. The average molecular weight is 329 g/mol. The number of nitro groups is 1. The molecule has 22 heavy (non-hydrogen) atoms. The van der Waals surface area contributed by atoms with Gasteiger partial charge < -0.3 is 11.1 Å². The number of nitro benzene ring substituents is 1. The summed E-state index contributed by atoms with van der Waals surface area (Å²) in [4.78, 5) is 45.0. The third-order valence-corrected chi connectivity index (χ3v) is 2.91. The van der Waals surface area contributed by atoms with Crippen LogP contribution in [0.3, 0.4) is 0 Å². The Morgan fingerprint density at radius 1 is 1.45 bits per heavy atom. The molecule has 1 rings (SSSR count). The lowest BCUT2D eigenvalue weighted by atomic mass is 10.2. The second kappa shape index (κ2) is 8.05. The molecule has 0 aliphatic rings. The Hall–Kier alpha value is -2.52. The van der Waals surface area contributed by atoms with Gasteiger partial charge in [-0.3, -0.25) is 29.4 Å².